The van der Waals surface area contributed by atoms with Crippen molar-refractivity contribution in [1.82, 2.24) is 10.2 Å². The summed E-state index contributed by atoms with van der Waals surface area (Å²) < 4.78 is 79.3. The fourth-order valence-electron chi connectivity index (χ4n) is 6.64. The van der Waals surface area contributed by atoms with Gasteiger partial charge < -0.3 is 10.2 Å². The van der Waals surface area contributed by atoms with E-state index < -0.39 is 29.0 Å². The fraction of sp³-hybridized carbons (Fsp3) is 0.581. The molecule has 3 nitrogen and oxygen atoms in total. The molecular weight excluding hydrogens is 530 g/mol. The Hall–Kier alpha value is -2.55. The number of hydrogen-bond donors (Lipinski definition) is 1. The van der Waals surface area contributed by atoms with E-state index in [1.807, 2.05) is 6.07 Å². The number of rotatable bonds is 8. The van der Waals surface area contributed by atoms with Crippen molar-refractivity contribution < 1.29 is 31.1 Å². The van der Waals surface area contributed by atoms with E-state index in [4.69, 9.17) is 0 Å². The van der Waals surface area contributed by atoms with Gasteiger partial charge in [-0.3, -0.25) is 4.79 Å². The van der Waals surface area contributed by atoms with Crippen LogP contribution in [0, 0.1) is 5.92 Å². The van der Waals surface area contributed by atoms with Crippen LogP contribution >= 0.6 is 0 Å². The summed E-state index contributed by atoms with van der Waals surface area (Å²) in [6, 6.07) is 12.4. The minimum absolute atomic E-state index is 0.114. The van der Waals surface area contributed by atoms with Crippen molar-refractivity contribution in [2.45, 2.75) is 95.1 Å². The largest absolute Gasteiger partial charge is 0.416 e. The van der Waals surface area contributed by atoms with Crippen molar-refractivity contribution in [1.29, 1.82) is 0 Å². The van der Waals surface area contributed by atoms with E-state index in [0.29, 0.717) is 30.0 Å². The summed E-state index contributed by atoms with van der Waals surface area (Å²) in [5.74, 6) is 0.531. The van der Waals surface area contributed by atoms with Crippen LogP contribution in [0.25, 0.3) is 0 Å². The Labute approximate surface area is 232 Å². The van der Waals surface area contributed by atoms with Crippen molar-refractivity contribution in [3.05, 3.63) is 70.8 Å². The van der Waals surface area contributed by atoms with Crippen LogP contribution in [0.4, 0.5) is 26.3 Å². The molecule has 1 aliphatic heterocycles. The first kappa shape index (κ1) is 30.4. The number of nitrogens with zero attached hydrogens (tertiary/aromatic N) is 1. The van der Waals surface area contributed by atoms with Gasteiger partial charge in [-0.2, -0.15) is 26.3 Å². The van der Waals surface area contributed by atoms with Crippen LogP contribution in [0.2, 0.25) is 0 Å². The summed E-state index contributed by atoms with van der Waals surface area (Å²) in [4.78, 5) is 15.6. The van der Waals surface area contributed by atoms with Crippen molar-refractivity contribution in [3.63, 3.8) is 0 Å². The second-order valence-corrected chi connectivity index (χ2v) is 12.0. The highest BCUT2D eigenvalue weighted by Gasteiger charge is 2.43. The highest BCUT2D eigenvalue weighted by Crippen LogP contribution is 2.40. The topological polar surface area (TPSA) is 32.3 Å². The molecule has 2 fully saturated rings. The molecule has 2 aromatic rings. The number of piperidine rings is 1. The molecule has 4 rings (SSSR count). The number of halogens is 6. The number of hydrogen-bond acceptors (Lipinski definition) is 2. The van der Waals surface area contributed by atoms with E-state index in [9.17, 15) is 31.1 Å². The SMILES string of the molecule is CC(C)CC1(NC(=O)CCc2cc(C(F)(F)F)cc(C(F)(F)F)c2)CCC(N2CCC(c3ccccc3)CC2)C1. The summed E-state index contributed by atoms with van der Waals surface area (Å²) in [6.07, 6.45) is -4.69. The fourth-order valence-corrected chi connectivity index (χ4v) is 6.64. The summed E-state index contributed by atoms with van der Waals surface area (Å²) in [5, 5.41) is 3.18. The molecule has 2 aromatic carbocycles. The maximum Gasteiger partial charge on any atom is 0.416 e. The lowest BCUT2D eigenvalue weighted by Crippen LogP contribution is -2.49. The summed E-state index contributed by atoms with van der Waals surface area (Å²) in [5.41, 5.74) is -1.91. The van der Waals surface area contributed by atoms with Crippen LogP contribution in [0.15, 0.2) is 48.5 Å². The molecule has 1 N–H and O–H groups in total. The highest BCUT2D eigenvalue weighted by molar-refractivity contribution is 5.77. The van der Waals surface area contributed by atoms with Crippen molar-refractivity contribution in [3.8, 4) is 0 Å². The van der Waals surface area contributed by atoms with Crippen LogP contribution in [0.1, 0.15) is 87.0 Å². The monoisotopic (exact) mass is 568 g/mol. The zero-order valence-corrected chi connectivity index (χ0v) is 23.0. The number of nitrogens with one attached hydrogen (secondary N) is 1. The van der Waals surface area contributed by atoms with Gasteiger partial charge in [0.25, 0.3) is 0 Å². The minimum Gasteiger partial charge on any atom is -0.351 e. The van der Waals surface area contributed by atoms with Gasteiger partial charge >= 0.3 is 12.4 Å². The average Bonchev–Trinajstić information content (AvgIpc) is 3.29. The Morgan fingerprint density at radius 3 is 2.10 bits per heavy atom. The maximum atomic E-state index is 13.2. The molecule has 1 heterocycles. The van der Waals surface area contributed by atoms with Gasteiger partial charge in [0.2, 0.25) is 5.91 Å². The molecule has 1 saturated heterocycles. The standard InChI is InChI=1S/C31H38F6N2O/c1-21(2)19-29(13-10-27(20-29)39-14-11-24(12-15-39)23-6-4-3-5-7-23)38-28(40)9-8-22-16-25(30(32,33)34)18-26(17-22)31(35,36)37/h3-7,16-18,21,24,27H,8-15,19-20H2,1-2H3,(H,38,40). The molecule has 2 aliphatic rings. The van der Waals surface area contributed by atoms with Gasteiger partial charge in [0.1, 0.15) is 0 Å². The van der Waals surface area contributed by atoms with E-state index in [1.54, 1.807) is 0 Å². The van der Waals surface area contributed by atoms with Gasteiger partial charge in [-0.15, -0.1) is 0 Å². The van der Waals surface area contributed by atoms with Crippen LogP contribution < -0.4 is 5.32 Å². The molecule has 1 saturated carbocycles. The molecule has 0 spiro atoms. The van der Waals surface area contributed by atoms with E-state index in [1.165, 1.54) is 5.56 Å². The number of amides is 1. The summed E-state index contributed by atoms with van der Waals surface area (Å²) in [7, 11) is 0. The van der Waals surface area contributed by atoms with Gasteiger partial charge in [-0.05, 0) is 99.2 Å². The Morgan fingerprint density at radius 2 is 1.55 bits per heavy atom. The molecule has 2 unspecified atom stereocenters. The molecule has 0 bridgehead atoms. The number of likely N-dealkylation sites (tertiary alicyclic amines) is 1. The number of carbonyl (C=O) groups is 1. The Bertz CT molecular complexity index is 1110. The third-order valence-electron chi connectivity index (χ3n) is 8.39. The quantitative estimate of drug-likeness (QED) is 0.328. The first-order chi connectivity index (χ1) is 18.7. The first-order valence-corrected chi connectivity index (χ1v) is 14.1. The van der Waals surface area contributed by atoms with Gasteiger partial charge in [0.15, 0.2) is 0 Å². The predicted octanol–water partition coefficient (Wildman–Crippen LogP) is 7.99. The molecule has 0 aromatic heterocycles. The Balaban J connectivity index is 1.38. The molecule has 40 heavy (non-hydrogen) atoms. The van der Waals surface area contributed by atoms with E-state index in [2.05, 4.69) is 48.3 Å². The predicted molar refractivity (Wildman–Crippen MR) is 143 cm³/mol. The number of carbonyl (C=O) groups excluding carboxylic acids is 1. The van der Waals surface area contributed by atoms with Gasteiger partial charge in [0, 0.05) is 18.0 Å². The second-order valence-electron chi connectivity index (χ2n) is 12.0. The highest BCUT2D eigenvalue weighted by atomic mass is 19.4. The van der Waals surface area contributed by atoms with Crippen LogP contribution in [-0.2, 0) is 23.6 Å². The molecule has 1 amide bonds. The van der Waals surface area contributed by atoms with E-state index in [-0.39, 0.29) is 30.4 Å². The third-order valence-corrected chi connectivity index (χ3v) is 8.39. The lowest BCUT2D eigenvalue weighted by atomic mass is 9.86. The summed E-state index contributed by atoms with van der Waals surface area (Å²) >= 11 is 0. The van der Waals surface area contributed by atoms with Gasteiger partial charge in [-0.25, -0.2) is 0 Å². The molecule has 9 heteroatoms. The Morgan fingerprint density at radius 1 is 0.950 bits per heavy atom. The smallest absolute Gasteiger partial charge is 0.351 e. The lowest BCUT2D eigenvalue weighted by molar-refractivity contribution is -0.143. The zero-order chi connectivity index (χ0) is 29.1. The van der Waals surface area contributed by atoms with E-state index in [0.717, 1.165) is 51.6 Å². The summed E-state index contributed by atoms with van der Waals surface area (Å²) in [6.45, 7) is 6.17. The number of alkyl halides is 6. The van der Waals surface area contributed by atoms with Crippen LogP contribution in [0.5, 0.6) is 0 Å². The van der Waals surface area contributed by atoms with Gasteiger partial charge in [0.05, 0.1) is 11.1 Å². The second kappa shape index (κ2) is 12.1. The Kier molecular flexibility index (Phi) is 9.22. The molecule has 0 radical (unpaired) electrons. The molecular formula is C31H38F6N2O. The molecule has 1 aliphatic carbocycles. The van der Waals surface area contributed by atoms with E-state index >= 15 is 0 Å². The minimum atomic E-state index is -4.91. The van der Waals surface area contributed by atoms with Crippen LogP contribution in [-0.4, -0.2) is 35.5 Å². The van der Waals surface area contributed by atoms with Crippen molar-refractivity contribution in [2.75, 3.05) is 13.1 Å². The normalized spacial score (nSPS) is 23.1. The van der Waals surface area contributed by atoms with Crippen LogP contribution in [0.3, 0.4) is 0 Å². The lowest BCUT2D eigenvalue weighted by Gasteiger charge is -2.38. The number of aryl methyl sites for hydroxylation is 1. The maximum absolute atomic E-state index is 13.2. The first-order valence-electron chi connectivity index (χ1n) is 14.1. The zero-order valence-electron chi connectivity index (χ0n) is 23.0. The molecule has 220 valence electrons. The van der Waals surface area contributed by atoms with Crippen molar-refractivity contribution in [2.24, 2.45) is 5.92 Å². The number of benzene rings is 2. The van der Waals surface area contributed by atoms with Gasteiger partial charge in [-0.1, -0.05) is 44.2 Å². The average molecular weight is 569 g/mol. The van der Waals surface area contributed by atoms with Crippen molar-refractivity contribution >= 4 is 5.91 Å². The molecule has 2 atom stereocenters. The third kappa shape index (κ3) is 7.80.